The van der Waals surface area contributed by atoms with E-state index in [1.807, 2.05) is 4.90 Å². The van der Waals surface area contributed by atoms with Crippen molar-refractivity contribution in [3.63, 3.8) is 0 Å². The van der Waals surface area contributed by atoms with Gasteiger partial charge in [0.25, 0.3) is 11.5 Å². The highest BCUT2D eigenvalue weighted by Crippen LogP contribution is 2.37. The first kappa shape index (κ1) is 25.3. The zero-order chi connectivity index (χ0) is 27.2. The predicted octanol–water partition coefficient (Wildman–Crippen LogP) is 3.21. The summed E-state index contributed by atoms with van der Waals surface area (Å²) in [5.74, 6) is -2.92. The number of carbonyl (C=O) groups is 1. The Morgan fingerprint density at radius 3 is 2.47 bits per heavy atom. The highest BCUT2D eigenvalue weighted by Gasteiger charge is 2.31. The summed E-state index contributed by atoms with van der Waals surface area (Å²) in [4.78, 5) is 27.3. The van der Waals surface area contributed by atoms with Crippen molar-refractivity contribution in [1.82, 2.24) is 19.6 Å². The molecule has 38 heavy (non-hydrogen) atoms. The van der Waals surface area contributed by atoms with Crippen molar-refractivity contribution < 1.29 is 26.7 Å². The second kappa shape index (κ2) is 9.52. The molecule has 1 fully saturated rings. The molecule has 4 aromatic rings. The second-order valence-electron chi connectivity index (χ2n) is 8.80. The van der Waals surface area contributed by atoms with Gasteiger partial charge >= 0.3 is 6.18 Å². The van der Waals surface area contributed by atoms with Crippen molar-refractivity contribution in [3.05, 3.63) is 76.3 Å². The molecule has 0 aliphatic carbocycles. The molecule has 0 unspecified atom stereocenters. The molecule has 9 nitrogen and oxygen atoms in total. The molecule has 1 atom stereocenters. The summed E-state index contributed by atoms with van der Waals surface area (Å²) in [5.41, 5.74) is 4.98. The van der Waals surface area contributed by atoms with E-state index in [0.29, 0.717) is 35.3 Å². The minimum Gasteiger partial charge on any atom is -0.368 e. The zero-order valence-electron chi connectivity index (χ0n) is 19.5. The molecule has 0 saturated carbocycles. The number of amides is 1. The van der Waals surface area contributed by atoms with Crippen molar-refractivity contribution in [2.75, 3.05) is 23.3 Å². The van der Waals surface area contributed by atoms with E-state index in [2.05, 4.69) is 15.5 Å². The highest BCUT2D eigenvalue weighted by atomic mass is 19.4. The molecule has 0 bridgehead atoms. The number of benzene rings is 2. The number of hydrogen-bond acceptors (Lipinski definition) is 6. The van der Waals surface area contributed by atoms with Crippen LogP contribution >= 0.6 is 0 Å². The van der Waals surface area contributed by atoms with E-state index in [9.17, 15) is 31.5 Å². The number of fused-ring (bicyclic) bond motifs is 1. The van der Waals surface area contributed by atoms with Crippen molar-refractivity contribution in [3.8, 4) is 5.69 Å². The number of para-hydroxylation sites is 1. The number of nitrogens with two attached hydrogens (primary N) is 1. The van der Waals surface area contributed by atoms with Gasteiger partial charge in [-0.25, -0.2) is 8.78 Å². The fourth-order valence-corrected chi connectivity index (χ4v) is 4.44. The van der Waals surface area contributed by atoms with Crippen LogP contribution in [0.25, 0.3) is 16.6 Å². The topological polar surface area (TPSA) is 111 Å². The Morgan fingerprint density at radius 2 is 1.82 bits per heavy atom. The lowest BCUT2D eigenvalue weighted by atomic mass is 10.1. The molecule has 0 spiro atoms. The molecule has 1 aliphatic rings. The largest absolute Gasteiger partial charge is 0.408 e. The smallest absolute Gasteiger partial charge is 0.368 e. The molecule has 5 rings (SSSR count). The lowest BCUT2D eigenvalue weighted by molar-refractivity contribution is -0.141. The number of hydrogen-bond donors (Lipinski definition) is 2. The van der Waals surface area contributed by atoms with E-state index in [0.717, 1.165) is 35.0 Å². The molecule has 2 aromatic carbocycles. The summed E-state index contributed by atoms with van der Waals surface area (Å²) in [5, 5.41) is 10.7. The van der Waals surface area contributed by atoms with Crippen molar-refractivity contribution in [2.45, 2.75) is 25.2 Å². The maximum Gasteiger partial charge on any atom is 0.408 e. The maximum absolute atomic E-state index is 14.3. The van der Waals surface area contributed by atoms with Crippen LogP contribution in [0.5, 0.6) is 0 Å². The van der Waals surface area contributed by atoms with E-state index in [-0.39, 0.29) is 22.9 Å². The number of aromatic nitrogens is 4. The third-order valence-corrected chi connectivity index (χ3v) is 6.10. The first-order valence-corrected chi connectivity index (χ1v) is 11.4. The van der Waals surface area contributed by atoms with Crippen LogP contribution in [-0.4, -0.2) is 50.8 Å². The zero-order valence-corrected chi connectivity index (χ0v) is 19.5. The molecular formula is C24H20F5N7O2. The number of alkyl halides is 3. The molecule has 1 saturated heterocycles. The summed E-state index contributed by atoms with van der Waals surface area (Å²) in [7, 11) is 0. The third kappa shape index (κ3) is 4.81. The van der Waals surface area contributed by atoms with Crippen molar-refractivity contribution >= 4 is 28.2 Å². The SMILES string of the molecule is N[C@@H]1CCN(c2c(NC(=O)c3ccc(=O)n(-c4c(F)cccc4F)n3)ccc3c2cnn3CC(F)(F)F)C1. The van der Waals surface area contributed by atoms with Crippen LogP contribution in [0, 0.1) is 11.6 Å². The molecule has 3 N–H and O–H groups in total. The number of anilines is 2. The van der Waals surface area contributed by atoms with Gasteiger partial charge in [-0.3, -0.25) is 14.3 Å². The van der Waals surface area contributed by atoms with Gasteiger partial charge in [0.1, 0.15) is 17.9 Å². The summed E-state index contributed by atoms with van der Waals surface area (Å²) in [6.07, 6.45) is -2.58. The van der Waals surface area contributed by atoms with Gasteiger partial charge in [0.2, 0.25) is 0 Å². The molecular weight excluding hydrogens is 513 g/mol. The van der Waals surface area contributed by atoms with Crippen LogP contribution in [0.3, 0.4) is 0 Å². The number of carbonyl (C=O) groups excluding carboxylic acids is 1. The molecule has 3 heterocycles. The van der Waals surface area contributed by atoms with Gasteiger partial charge < -0.3 is 16.0 Å². The maximum atomic E-state index is 14.3. The highest BCUT2D eigenvalue weighted by molar-refractivity contribution is 6.08. The Morgan fingerprint density at radius 1 is 1.08 bits per heavy atom. The van der Waals surface area contributed by atoms with Crippen LogP contribution in [0.15, 0.2) is 53.5 Å². The number of halogens is 5. The minimum atomic E-state index is -4.49. The Labute approximate surface area is 211 Å². The first-order valence-electron chi connectivity index (χ1n) is 11.4. The number of rotatable bonds is 5. The third-order valence-electron chi connectivity index (χ3n) is 6.10. The van der Waals surface area contributed by atoms with Gasteiger partial charge in [0, 0.05) is 30.6 Å². The van der Waals surface area contributed by atoms with Gasteiger partial charge in [-0.15, -0.1) is 0 Å². The minimum absolute atomic E-state index is 0.181. The van der Waals surface area contributed by atoms with E-state index >= 15 is 0 Å². The Balaban J connectivity index is 1.54. The number of nitrogens with zero attached hydrogens (tertiary/aromatic N) is 5. The van der Waals surface area contributed by atoms with Gasteiger partial charge in [-0.2, -0.15) is 28.1 Å². The summed E-state index contributed by atoms with van der Waals surface area (Å²) in [6, 6.07) is 7.69. The Kier molecular flexibility index (Phi) is 6.34. The molecule has 198 valence electrons. The standard InChI is InChI=1S/C24H20F5N7O2/c25-15-2-1-3-16(26)22(15)36-20(37)7-5-18(33-36)23(38)32-17-4-6-19-14(10-31-35(19)12-24(27,28)29)21(17)34-9-8-13(30)11-34/h1-7,10,13H,8-9,11-12,30H2,(H,32,38)/t13-/m1/s1. The van der Waals surface area contributed by atoms with Crippen molar-refractivity contribution in [2.24, 2.45) is 5.73 Å². The molecule has 0 radical (unpaired) electrons. The van der Waals surface area contributed by atoms with E-state index in [1.165, 1.54) is 18.3 Å². The predicted molar refractivity (Wildman–Crippen MR) is 128 cm³/mol. The van der Waals surface area contributed by atoms with Gasteiger partial charge in [0.05, 0.1) is 23.1 Å². The quantitative estimate of drug-likeness (QED) is 0.381. The lowest BCUT2D eigenvalue weighted by Gasteiger charge is -2.23. The van der Waals surface area contributed by atoms with E-state index in [1.54, 1.807) is 0 Å². The summed E-state index contributed by atoms with van der Waals surface area (Å²) >= 11 is 0. The lowest BCUT2D eigenvalue weighted by Crippen LogP contribution is -2.28. The van der Waals surface area contributed by atoms with Crippen molar-refractivity contribution in [1.29, 1.82) is 0 Å². The normalized spacial score (nSPS) is 15.8. The average Bonchev–Trinajstić information content (AvgIpc) is 3.45. The number of nitrogens with one attached hydrogen (secondary N) is 1. The van der Waals surface area contributed by atoms with Crippen LogP contribution in [0.2, 0.25) is 0 Å². The van der Waals surface area contributed by atoms with Gasteiger partial charge in [0.15, 0.2) is 11.6 Å². The molecule has 2 aromatic heterocycles. The summed E-state index contributed by atoms with van der Waals surface area (Å²) < 4.78 is 69.0. The monoisotopic (exact) mass is 533 g/mol. The fraction of sp³-hybridized carbons (Fsp3) is 0.250. The van der Waals surface area contributed by atoms with Gasteiger partial charge in [-0.1, -0.05) is 6.07 Å². The van der Waals surface area contributed by atoms with E-state index < -0.39 is 41.5 Å². The second-order valence-corrected chi connectivity index (χ2v) is 8.80. The fourth-order valence-electron chi connectivity index (χ4n) is 4.44. The molecule has 14 heteroatoms. The average molecular weight is 533 g/mol. The first-order chi connectivity index (χ1) is 18.0. The molecule has 1 amide bonds. The van der Waals surface area contributed by atoms with Crippen LogP contribution < -0.4 is 21.5 Å². The van der Waals surface area contributed by atoms with Crippen LogP contribution in [0.1, 0.15) is 16.9 Å². The Bertz CT molecular complexity index is 1580. The Hall–Kier alpha value is -4.33. The van der Waals surface area contributed by atoms with E-state index in [4.69, 9.17) is 5.73 Å². The van der Waals surface area contributed by atoms with Crippen LogP contribution in [0.4, 0.5) is 33.3 Å². The summed E-state index contributed by atoms with van der Waals surface area (Å²) in [6.45, 7) is -0.412. The molecule has 1 aliphatic heterocycles. The van der Waals surface area contributed by atoms with Gasteiger partial charge in [-0.05, 0) is 36.8 Å². The van der Waals surface area contributed by atoms with Crippen LogP contribution in [-0.2, 0) is 6.54 Å².